The first-order valence-corrected chi connectivity index (χ1v) is 6.02. The molecule has 0 saturated carbocycles. The number of hydrogen-bond acceptors (Lipinski definition) is 2. The molecule has 1 aromatic carbocycles. The van der Waals surface area contributed by atoms with Crippen molar-refractivity contribution in [2.24, 2.45) is 7.05 Å². The van der Waals surface area contributed by atoms with Crippen molar-refractivity contribution in [3.63, 3.8) is 0 Å². The SMILES string of the molecule is Cn1cc(CCC(C(=O)O)c2cccc(F)c2)cn1. The Kier molecular flexibility index (Phi) is 3.94. The van der Waals surface area contributed by atoms with Crippen molar-refractivity contribution in [1.29, 1.82) is 0 Å². The van der Waals surface area contributed by atoms with Gasteiger partial charge in [0.05, 0.1) is 12.1 Å². The van der Waals surface area contributed by atoms with Gasteiger partial charge in [0.25, 0.3) is 0 Å². The van der Waals surface area contributed by atoms with Crippen molar-refractivity contribution in [2.45, 2.75) is 18.8 Å². The van der Waals surface area contributed by atoms with Gasteiger partial charge in [-0.2, -0.15) is 5.10 Å². The third kappa shape index (κ3) is 3.40. The number of halogens is 1. The molecule has 1 aromatic heterocycles. The summed E-state index contributed by atoms with van der Waals surface area (Å²) in [5.41, 5.74) is 1.47. The predicted octanol–water partition coefficient (Wildman–Crippen LogP) is 2.36. The maximum absolute atomic E-state index is 13.2. The van der Waals surface area contributed by atoms with Crippen LogP contribution in [0.4, 0.5) is 4.39 Å². The zero-order valence-electron chi connectivity index (χ0n) is 10.6. The monoisotopic (exact) mass is 262 g/mol. The van der Waals surface area contributed by atoms with E-state index in [2.05, 4.69) is 5.10 Å². The van der Waals surface area contributed by atoms with E-state index in [4.69, 9.17) is 0 Å². The van der Waals surface area contributed by atoms with Crippen molar-refractivity contribution in [2.75, 3.05) is 0 Å². The van der Waals surface area contributed by atoms with Gasteiger partial charge in [0.15, 0.2) is 0 Å². The van der Waals surface area contributed by atoms with Crippen LogP contribution in [0.15, 0.2) is 36.7 Å². The van der Waals surface area contributed by atoms with Crippen LogP contribution in [-0.4, -0.2) is 20.9 Å². The minimum atomic E-state index is -0.936. The summed E-state index contributed by atoms with van der Waals surface area (Å²) in [5, 5.41) is 13.3. The molecule has 2 aromatic rings. The van der Waals surface area contributed by atoms with Crippen LogP contribution in [0.1, 0.15) is 23.5 Å². The average Bonchev–Trinajstić information content (AvgIpc) is 2.75. The van der Waals surface area contributed by atoms with Gasteiger partial charge >= 0.3 is 5.97 Å². The zero-order chi connectivity index (χ0) is 13.8. The molecule has 0 fully saturated rings. The smallest absolute Gasteiger partial charge is 0.310 e. The molecule has 5 heteroatoms. The van der Waals surface area contributed by atoms with Crippen molar-refractivity contribution in [3.8, 4) is 0 Å². The van der Waals surface area contributed by atoms with Crippen molar-refractivity contribution < 1.29 is 14.3 Å². The second kappa shape index (κ2) is 5.65. The number of hydrogen-bond donors (Lipinski definition) is 1. The Labute approximate surface area is 110 Å². The number of aryl methyl sites for hydroxylation is 2. The molecule has 0 aliphatic heterocycles. The van der Waals surface area contributed by atoms with Crippen LogP contribution in [-0.2, 0) is 18.3 Å². The number of rotatable bonds is 5. The van der Waals surface area contributed by atoms with Gasteiger partial charge in [-0.3, -0.25) is 9.48 Å². The number of benzene rings is 1. The van der Waals surface area contributed by atoms with Gasteiger partial charge in [0.1, 0.15) is 5.82 Å². The maximum atomic E-state index is 13.2. The molecular formula is C14H15FN2O2. The highest BCUT2D eigenvalue weighted by Gasteiger charge is 2.20. The molecule has 1 N–H and O–H groups in total. The van der Waals surface area contributed by atoms with Crippen molar-refractivity contribution in [1.82, 2.24) is 9.78 Å². The maximum Gasteiger partial charge on any atom is 0.310 e. The van der Waals surface area contributed by atoms with Crippen LogP contribution < -0.4 is 0 Å². The highest BCUT2D eigenvalue weighted by atomic mass is 19.1. The second-order valence-electron chi connectivity index (χ2n) is 4.51. The first kappa shape index (κ1) is 13.3. The lowest BCUT2D eigenvalue weighted by Crippen LogP contribution is -2.12. The summed E-state index contributed by atoms with van der Waals surface area (Å²) >= 11 is 0. The molecule has 1 heterocycles. The van der Waals surface area contributed by atoms with E-state index < -0.39 is 17.7 Å². The van der Waals surface area contributed by atoms with Gasteiger partial charge in [0, 0.05) is 13.2 Å². The molecule has 0 amide bonds. The molecule has 0 saturated heterocycles. The molecule has 0 radical (unpaired) electrons. The number of carboxylic acids is 1. The zero-order valence-corrected chi connectivity index (χ0v) is 10.6. The number of aliphatic carboxylic acids is 1. The Bertz CT molecular complexity index is 580. The number of carboxylic acid groups (broad SMARTS) is 1. The molecule has 0 aliphatic carbocycles. The molecule has 100 valence electrons. The van der Waals surface area contributed by atoms with Gasteiger partial charge < -0.3 is 5.11 Å². The molecule has 0 spiro atoms. The molecule has 2 rings (SSSR count). The van der Waals surface area contributed by atoms with Gasteiger partial charge in [0.2, 0.25) is 0 Å². The molecule has 19 heavy (non-hydrogen) atoms. The van der Waals surface area contributed by atoms with Crippen molar-refractivity contribution in [3.05, 3.63) is 53.6 Å². The fraction of sp³-hybridized carbons (Fsp3) is 0.286. The van der Waals surface area contributed by atoms with Gasteiger partial charge in [-0.25, -0.2) is 4.39 Å². The van der Waals surface area contributed by atoms with E-state index in [0.717, 1.165) is 5.56 Å². The van der Waals surface area contributed by atoms with Crippen LogP contribution >= 0.6 is 0 Å². The Morgan fingerprint density at radius 3 is 2.89 bits per heavy atom. The predicted molar refractivity (Wildman–Crippen MR) is 68.3 cm³/mol. The first-order valence-electron chi connectivity index (χ1n) is 6.02. The summed E-state index contributed by atoms with van der Waals surface area (Å²) < 4.78 is 14.8. The van der Waals surface area contributed by atoms with Gasteiger partial charge in [-0.15, -0.1) is 0 Å². The summed E-state index contributed by atoms with van der Waals surface area (Å²) in [6, 6.07) is 5.77. The van der Waals surface area contributed by atoms with E-state index in [1.54, 1.807) is 16.9 Å². The van der Waals surface area contributed by atoms with E-state index in [1.807, 2.05) is 13.2 Å². The summed E-state index contributed by atoms with van der Waals surface area (Å²) in [4.78, 5) is 11.3. The van der Waals surface area contributed by atoms with Gasteiger partial charge in [-0.05, 0) is 36.1 Å². The number of nitrogens with zero attached hydrogens (tertiary/aromatic N) is 2. The molecule has 0 aliphatic rings. The Morgan fingerprint density at radius 1 is 1.53 bits per heavy atom. The first-order chi connectivity index (χ1) is 9.06. The minimum absolute atomic E-state index is 0.412. The van der Waals surface area contributed by atoms with Crippen LogP contribution in [0.5, 0.6) is 0 Å². The highest BCUT2D eigenvalue weighted by Crippen LogP contribution is 2.22. The van der Waals surface area contributed by atoms with Crippen LogP contribution in [0.3, 0.4) is 0 Å². The molecule has 0 bridgehead atoms. The Balaban J connectivity index is 2.10. The van der Waals surface area contributed by atoms with Crippen LogP contribution in [0, 0.1) is 5.82 Å². The second-order valence-corrected chi connectivity index (χ2v) is 4.51. The minimum Gasteiger partial charge on any atom is -0.481 e. The normalized spacial score (nSPS) is 12.3. The average molecular weight is 262 g/mol. The third-order valence-corrected chi connectivity index (χ3v) is 3.03. The standard InChI is InChI=1S/C14H15FN2O2/c1-17-9-10(8-16-17)5-6-13(14(18)19)11-3-2-4-12(15)7-11/h2-4,7-9,13H,5-6H2,1H3,(H,18,19). The van der Waals surface area contributed by atoms with E-state index >= 15 is 0 Å². The summed E-state index contributed by atoms with van der Waals surface area (Å²) in [6.07, 6.45) is 4.58. The summed E-state index contributed by atoms with van der Waals surface area (Å²) in [6.45, 7) is 0. The summed E-state index contributed by atoms with van der Waals surface area (Å²) in [5.74, 6) is -2.05. The van der Waals surface area contributed by atoms with Gasteiger partial charge in [-0.1, -0.05) is 12.1 Å². The fourth-order valence-electron chi connectivity index (χ4n) is 2.07. The molecular weight excluding hydrogens is 247 g/mol. The van der Waals surface area contributed by atoms with E-state index in [9.17, 15) is 14.3 Å². The Morgan fingerprint density at radius 2 is 2.32 bits per heavy atom. The number of carbonyl (C=O) groups is 1. The quantitative estimate of drug-likeness (QED) is 0.900. The lowest BCUT2D eigenvalue weighted by molar-refractivity contribution is -0.138. The fourth-order valence-corrected chi connectivity index (χ4v) is 2.07. The topological polar surface area (TPSA) is 55.1 Å². The summed E-state index contributed by atoms with van der Waals surface area (Å²) in [7, 11) is 1.81. The third-order valence-electron chi connectivity index (χ3n) is 3.03. The Hall–Kier alpha value is -2.17. The van der Waals surface area contributed by atoms with E-state index in [1.165, 1.54) is 18.2 Å². The highest BCUT2D eigenvalue weighted by molar-refractivity contribution is 5.76. The van der Waals surface area contributed by atoms with E-state index in [-0.39, 0.29) is 0 Å². The lowest BCUT2D eigenvalue weighted by Gasteiger charge is -2.12. The lowest BCUT2D eigenvalue weighted by atomic mass is 9.93. The molecule has 1 atom stereocenters. The van der Waals surface area contributed by atoms with Crippen LogP contribution in [0.2, 0.25) is 0 Å². The number of aromatic nitrogens is 2. The van der Waals surface area contributed by atoms with Crippen LogP contribution in [0.25, 0.3) is 0 Å². The van der Waals surface area contributed by atoms with E-state index in [0.29, 0.717) is 18.4 Å². The largest absolute Gasteiger partial charge is 0.481 e. The molecule has 1 unspecified atom stereocenters. The van der Waals surface area contributed by atoms with Crippen molar-refractivity contribution >= 4 is 5.97 Å². The molecule has 4 nitrogen and oxygen atoms in total.